The molecule has 5 heteroatoms. The molecule has 1 fully saturated rings. The smallest absolute Gasteiger partial charge is 0.0538 e. The van der Waals surface area contributed by atoms with E-state index in [1.54, 1.807) is 0 Å². The van der Waals surface area contributed by atoms with Crippen LogP contribution in [-0.4, -0.2) is 44.8 Å². The highest BCUT2D eigenvalue weighted by Gasteiger charge is 2.28. The van der Waals surface area contributed by atoms with E-state index in [-0.39, 0.29) is 0 Å². The molecule has 3 atom stereocenters. The lowest BCUT2D eigenvalue weighted by Gasteiger charge is -2.39. The first-order valence-corrected chi connectivity index (χ1v) is 7.12. The van der Waals surface area contributed by atoms with Gasteiger partial charge in [-0.1, -0.05) is 13.8 Å². The first kappa shape index (κ1) is 12.9. The highest BCUT2D eigenvalue weighted by atomic mass is 32.2. The van der Waals surface area contributed by atoms with Crippen LogP contribution in [0.2, 0.25) is 0 Å². The molecule has 2 heterocycles. The van der Waals surface area contributed by atoms with Crippen LogP contribution in [0.15, 0.2) is 12.4 Å². The average Bonchev–Trinajstić information content (AvgIpc) is 2.64. The van der Waals surface area contributed by atoms with Gasteiger partial charge >= 0.3 is 0 Å². The van der Waals surface area contributed by atoms with Gasteiger partial charge in [0.25, 0.3) is 0 Å². The van der Waals surface area contributed by atoms with Crippen LogP contribution in [0.4, 0.5) is 0 Å². The first-order chi connectivity index (χ1) is 8.10. The molecule has 96 valence electrons. The Hall–Kier alpha value is -0.520. The molecule has 0 radical (unpaired) electrons. The van der Waals surface area contributed by atoms with Crippen molar-refractivity contribution >= 4 is 11.8 Å². The summed E-state index contributed by atoms with van der Waals surface area (Å²) in [6, 6.07) is 0.314. The fourth-order valence-corrected chi connectivity index (χ4v) is 3.93. The number of hydrogen-bond acceptors (Lipinski definition) is 4. The van der Waals surface area contributed by atoms with Crippen LogP contribution in [0.25, 0.3) is 0 Å². The first-order valence-electron chi connectivity index (χ1n) is 6.18. The number of aryl methyl sites for hydroxylation is 1. The molecular formula is C12H22N4S. The standard InChI is InChI=1S/C12H22N4S/c1-9-6-16(7-10(2)17-9)12(4-13)11-5-14-15(3)8-11/h5,8-10,12H,4,6-7,13H2,1-3H3. The van der Waals surface area contributed by atoms with Crippen molar-refractivity contribution in [1.82, 2.24) is 14.7 Å². The highest BCUT2D eigenvalue weighted by molar-refractivity contribution is 8.00. The number of thioether (sulfide) groups is 1. The van der Waals surface area contributed by atoms with E-state index in [0.717, 1.165) is 13.1 Å². The molecule has 0 aliphatic carbocycles. The van der Waals surface area contributed by atoms with Gasteiger partial charge in [-0.3, -0.25) is 9.58 Å². The molecule has 4 nitrogen and oxygen atoms in total. The third-order valence-electron chi connectivity index (χ3n) is 3.22. The monoisotopic (exact) mass is 254 g/mol. The highest BCUT2D eigenvalue weighted by Crippen LogP contribution is 2.30. The zero-order chi connectivity index (χ0) is 12.4. The molecule has 1 aromatic rings. The number of nitrogens with two attached hydrogens (primary N) is 1. The topological polar surface area (TPSA) is 47.1 Å². The Kier molecular flexibility index (Phi) is 4.12. The van der Waals surface area contributed by atoms with E-state index < -0.39 is 0 Å². The number of hydrogen-bond donors (Lipinski definition) is 1. The van der Waals surface area contributed by atoms with Gasteiger partial charge in [-0.05, 0) is 0 Å². The zero-order valence-corrected chi connectivity index (χ0v) is 11.7. The fourth-order valence-electron chi connectivity index (χ4n) is 2.58. The van der Waals surface area contributed by atoms with Gasteiger partial charge in [-0.15, -0.1) is 0 Å². The van der Waals surface area contributed by atoms with Crippen molar-refractivity contribution in [2.75, 3.05) is 19.6 Å². The van der Waals surface area contributed by atoms with Crippen molar-refractivity contribution in [2.24, 2.45) is 12.8 Å². The molecule has 0 aromatic carbocycles. The Bertz CT molecular complexity index is 355. The Balaban J connectivity index is 2.12. The predicted octanol–water partition coefficient (Wildman–Crippen LogP) is 1.25. The molecule has 2 N–H and O–H groups in total. The average molecular weight is 254 g/mol. The second-order valence-corrected chi connectivity index (χ2v) is 6.79. The van der Waals surface area contributed by atoms with Crippen LogP contribution in [0.3, 0.4) is 0 Å². The third-order valence-corrected chi connectivity index (χ3v) is 4.45. The van der Waals surface area contributed by atoms with Gasteiger partial charge in [0.2, 0.25) is 0 Å². The van der Waals surface area contributed by atoms with Gasteiger partial charge in [0, 0.05) is 48.9 Å². The van der Waals surface area contributed by atoms with Gasteiger partial charge in [-0.2, -0.15) is 16.9 Å². The van der Waals surface area contributed by atoms with E-state index in [0.29, 0.717) is 23.1 Å². The Morgan fingerprint density at radius 2 is 2.12 bits per heavy atom. The molecule has 3 unspecified atom stereocenters. The zero-order valence-electron chi connectivity index (χ0n) is 10.8. The molecule has 2 rings (SSSR count). The minimum absolute atomic E-state index is 0.314. The largest absolute Gasteiger partial charge is 0.329 e. The van der Waals surface area contributed by atoms with Crippen molar-refractivity contribution in [1.29, 1.82) is 0 Å². The molecule has 0 spiro atoms. The van der Waals surface area contributed by atoms with Crippen LogP contribution in [0.5, 0.6) is 0 Å². The molecule has 0 saturated carbocycles. The van der Waals surface area contributed by atoms with Crippen molar-refractivity contribution in [2.45, 2.75) is 30.4 Å². The number of aromatic nitrogens is 2. The Morgan fingerprint density at radius 1 is 1.47 bits per heavy atom. The quantitative estimate of drug-likeness (QED) is 0.882. The van der Waals surface area contributed by atoms with E-state index in [4.69, 9.17) is 5.73 Å². The van der Waals surface area contributed by atoms with E-state index >= 15 is 0 Å². The maximum Gasteiger partial charge on any atom is 0.0538 e. The summed E-state index contributed by atoms with van der Waals surface area (Å²) in [5, 5.41) is 5.62. The predicted molar refractivity (Wildman–Crippen MR) is 73.1 cm³/mol. The van der Waals surface area contributed by atoms with Crippen molar-refractivity contribution < 1.29 is 0 Å². The number of nitrogens with zero attached hydrogens (tertiary/aromatic N) is 3. The van der Waals surface area contributed by atoms with Crippen LogP contribution >= 0.6 is 11.8 Å². The Morgan fingerprint density at radius 3 is 2.59 bits per heavy atom. The van der Waals surface area contributed by atoms with E-state index in [1.807, 2.05) is 17.9 Å². The van der Waals surface area contributed by atoms with E-state index in [9.17, 15) is 0 Å². The van der Waals surface area contributed by atoms with Crippen molar-refractivity contribution in [3.05, 3.63) is 18.0 Å². The van der Waals surface area contributed by atoms with Gasteiger partial charge in [0.15, 0.2) is 0 Å². The summed E-state index contributed by atoms with van der Waals surface area (Å²) in [6.45, 7) is 7.49. The van der Waals surface area contributed by atoms with Gasteiger partial charge < -0.3 is 5.73 Å². The van der Waals surface area contributed by atoms with Gasteiger partial charge in [0.1, 0.15) is 0 Å². The maximum absolute atomic E-state index is 5.95. The summed E-state index contributed by atoms with van der Waals surface area (Å²) in [4.78, 5) is 2.50. The summed E-state index contributed by atoms with van der Waals surface area (Å²) in [7, 11) is 1.95. The molecule has 0 amide bonds. The van der Waals surface area contributed by atoms with Crippen LogP contribution in [0, 0.1) is 0 Å². The minimum Gasteiger partial charge on any atom is -0.329 e. The molecule has 1 aliphatic heterocycles. The summed E-state index contributed by atoms with van der Waals surface area (Å²) in [6.07, 6.45) is 4.02. The lowest BCUT2D eigenvalue weighted by atomic mass is 10.1. The molecule has 1 saturated heterocycles. The number of rotatable bonds is 3. The van der Waals surface area contributed by atoms with E-state index in [1.165, 1.54) is 5.56 Å². The molecule has 1 aliphatic rings. The molecular weight excluding hydrogens is 232 g/mol. The molecule has 17 heavy (non-hydrogen) atoms. The van der Waals surface area contributed by atoms with Crippen molar-refractivity contribution in [3.8, 4) is 0 Å². The normalized spacial score (nSPS) is 28.2. The summed E-state index contributed by atoms with van der Waals surface area (Å²) < 4.78 is 1.85. The van der Waals surface area contributed by atoms with Crippen molar-refractivity contribution in [3.63, 3.8) is 0 Å². The van der Waals surface area contributed by atoms with Crippen LogP contribution < -0.4 is 5.73 Å². The fraction of sp³-hybridized carbons (Fsp3) is 0.750. The van der Waals surface area contributed by atoms with Crippen LogP contribution in [0.1, 0.15) is 25.5 Å². The van der Waals surface area contributed by atoms with Gasteiger partial charge in [0.05, 0.1) is 12.2 Å². The summed E-state index contributed by atoms with van der Waals surface area (Å²) in [5.41, 5.74) is 7.19. The second kappa shape index (κ2) is 5.42. The Labute approximate surface area is 108 Å². The third kappa shape index (κ3) is 3.03. The molecule has 1 aromatic heterocycles. The minimum atomic E-state index is 0.314. The van der Waals surface area contributed by atoms with Gasteiger partial charge in [-0.25, -0.2) is 0 Å². The lowest BCUT2D eigenvalue weighted by molar-refractivity contribution is 0.199. The lowest BCUT2D eigenvalue weighted by Crippen LogP contribution is -2.44. The summed E-state index contributed by atoms with van der Waals surface area (Å²) >= 11 is 2.07. The summed E-state index contributed by atoms with van der Waals surface area (Å²) in [5.74, 6) is 0. The van der Waals surface area contributed by atoms with Crippen LogP contribution in [-0.2, 0) is 7.05 Å². The maximum atomic E-state index is 5.95. The second-order valence-electron chi connectivity index (χ2n) is 4.91. The van der Waals surface area contributed by atoms with E-state index in [2.05, 4.69) is 41.8 Å². The molecule has 0 bridgehead atoms. The SMILES string of the molecule is CC1CN(C(CN)c2cnn(C)c2)CC(C)S1.